The van der Waals surface area contributed by atoms with E-state index in [1.165, 1.54) is 0 Å². The standard InChI is InChI=1S/C12H23O3PSi/c1-4-7-12(8-5-2,9-6-3)10-11(17)16(13,14)15/h4-6,11H,1-3,7-10H2,17H3,(H2,13,14,15). The first-order valence-corrected chi connectivity index (χ1v) is 8.53. The third-order valence-electron chi connectivity index (χ3n) is 3.03. The molecule has 0 aliphatic rings. The van der Waals surface area contributed by atoms with Crippen molar-refractivity contribution in [2.45, 2.75) is 31.0 Å². The Kier molecular flexibility index (Phi) is 6.94. The molecule has 0 aliphatic carbocycles. The minimum atomic E-state index is -3.97. The van der Waals surface area contributed by atoms with Crippen LogP contribution in [0.5, 0.6) is 0 Å². The molecule has 0 spiro atoms. The zero-order valence-corrected chi connectivity index (χ0v) is 13.4. The molecule has 0 heterocycles. The van der Waals surface area contributed by atoms with E-state index in [4.69, 9.17) is 0 Å². The van der Waals surface area contributed by atoms with Crippen LogP contribution in [-0.4, -0.2) is 25.3 Å². The summed E-state index contributed by atoms with van der Waals surface area (Å²) in [6.07, 6.45) is 8.10. The van der Waals surface area contributed by atoms with Crippen molar-refractivity contribution in [1.82, 2.24) is 0 Å². The number of hydrogen-bond acceptors (Lipinski definition) is 1. The summed E-state index contributed by atoms with van der Waals surface area (Å²) in [7, 11) is -3.48. The van der Waals surface area contributed by atoms with Crippen molar-refractivity contribution in [3.05, 3.63) is 38.0 Å². The highest BCUT2D eigenvalue weighted by Gasteiger charge is 2.34. The number of allylic oxidation sites excluding steroid dienone is 3. The zero-order valence-electron chi connectivity index (χ0n) is 10.5. The van der Waals surface area contributed by atoms with Gasteiger partial charge in [-0.1, -0.05) is 18.2 Å². The van der Waals surface area contributed by atoms with Crippen LogP contribution in [0.15, 0.2) is 38.0 Å². The van der Waals surface area contributed by atoms with E-state index in [0.29, 0.717) is 16.7 Å². The molecule has 0 rings (SSSR count). The molecule has 0 aliphatic heterocycles. The molecular formula is C12H23O3PSi. The smallest absolute Gasteiger partial charge is 0.324 e. The van der Waals surface area contributed by atoms with Gasteiger partial charge >= 0.3 is 7.60 Å². The molecule has 0 saturated heterocycles. The van der Waals surface area contributed by atoms with Gasteiger partial charge in [0.1, 0.15) is 0 Å². The summed E-state index contributed by atoms with van der Waals surface area (Å²) in [5.41, 5.74) is -0.182. The van der Waals surface area contributed by atoms with Crippen molar-refractivity contribution < 1.29 is 14.4 Å². The molecule has 0 bridgehead atoms. The Hall–Kier alpha value is -0.413. The van der Waals surface area contributed by atoms with E-state index >= 15 is 0 Å². The van der Waals surface area contributed by atoms with Crippen molar-refractivity contribution in [3.8, 4) is 0 Å². The maximum atomic E-state index is 11.3. The lowest BCUT2D eigenvalue weighted by atomic mass is 9.76. The second kappa shape index (κ2) is 7.12. The molecule has 0 radical (unpaired) electrons. The van der Waals surface area contributed by atoms with Crippen LogP contribution in [0.25, 0.3) is 0 Å². The summed E-state index contributed by atoms with van der Waals surface area (Å²) in [5, 5.41) is -0.512. The Morgan fingerprint density at radius 2 is 1.47 bits per heavy atom. The van der Waals surface area contributed by atoms with E-state index in [1.807, 2.05) is 0 Å². The van der Waals surface area contributed by atoms with Gasteiger partial charge in [-0.05, 0) is 31.1 Å². The van der Waals surface area contributed by atoms with Crippen LogP contribution in [0, 0.1) is 5.41 Å². The maximum absolute atomic E-state index is 11.3. The van der Waals surface area contributed by atoms with Gasteiger partial charge in [-0.3, -0.25) is 4.57 Å². The quantitative estimate of drug-likeness (QED) is 0.384. The molecule has 98 valence electrons. The summed E-state index contributed by atoms with van der Waals surface area (Å²) < 4.78 is 11.3. The SMILES string of the molecule is C=CCC(CC=C)(CC=C)CC([SiH3])P(=O)(O)O. The summed E-state index contributed by atoms with van der Waals surface area (Å²) in [6, 6.07) is 0. The maximum Gasteiger partial charge on any atom is 0.324 e. The monoisotopic (exact) mass is 274 g/mol. The second-order valence-electron chi connectivity index (χ2n) is 4.62. The van der Waals surface area contributed by atoms with Crippen LogP contribution in [0.4, 0.5) is 0 Å². The van der Waals surface area contributed by atoms with Crippen LogP contribution in [-0.2, 0) is 4.57 Å². The minimum Gasteiger partial charge on any atom is -0.324 e. The van der Waals surface area contributed by atoms with E-state index in [0.717, 1.165) is 19.3 Å². The van der Waals surface area contributed by atoms with Gasteiger partial charge in [0.05, 0.1) is 0 Å². The molecule has 17 heavy (non-hydrogen) atoms. The second-order valence-corrected chi connectivity index (χ2v) is 9.05. The van der Waals surface area contributed by atoms with E-state index in [2.05, 4.69) is 19.7 Å². The highest BCUT2D eigenvalue weighted by Crippen LogP contribution is 2.48. The van der Waals surface area contributed by atoms with Gasteiger partial charge in [-0.25, -0.2) is 0 Å². The highest BCUT2D eigenvalue weighted by atomic mass is 31.2. The molecule has 0 aromatic rings. The van der Waals surface area contributed by atoms with Crippen LogP contribution < -0.4 is 0 Å². The summed E-state index contributed by atoms with van der Waals surface area (Å²) in [6.45, 7) is 11.2. The van der Waals surface area contributed by atoms with E-state index < -0.39 is 12.9 Å². The Labute approximate surface area is 107 Å². The topological polar surface area (TPSA) is 57.5 Å². The Balaban J connectivity index is 5.00. The van der Waals surface area contributed by atoms with Crippen molar-refractivity contribution in [1.29, 1.82) is 0 Å². The predicted molar refractivity (Wildman–Crippen MR) is 77.3 cm³/mol. The van der Waals surface area contributed by atoms with E-state index in [1.54, 1.807) is 18.2 Å². The first-order valence-electron chi connectivity index (χ1n) is 5.69. The Morgan fingerprint density at radius 1 is 1.12 bits per heavy atom. The first kappa shape index (κ1) is 16.6. The van der Waals surface area contributed by atoms with Crippen molar-refractivity contribution in [2.24, 2.45) is 5.41 Å². The molecule has 1 atom stereocenters. The molecule has 3 nitrogen and oxygen atoms in total. The van der Waals surface area contributed by atoms with E-state index in [-0.39, 0.29) is 5.41 Å². The highest BCUT2D eigenvalue weighted by molar-refractivity contribution is 7.54. The summed E-state index contributed by atoms with van der Waals surface area (Å²) in [5.74, 6) is 0. The molecule has 0 aromatic carbocycles. The largest absolute Gasteiger partial charge is 0.324 e. The summed E-state index contributed by atoms with van der Waals surface area (Å²) in [4.78, 5) is 18.4. The van der Waals surface area contributed by atoms with Crippen molar-refractivity contribution >= 4 is 17.8 Å². The van der Waals surface area contributed by atoms with Gasteiger partial charge in [-0.2, -0.15) is 0 Å². The first-order chi connectivity index (χ1) is 7.81. The molecule has 2 N–H and O–H groups in total. The fourth-order valence-corrected chi connectivity index (χ4v) is 3.66. The lowest BCUT2D eigenvalue weighted by Crippen LogP contribution is -2.26. The van der Waals surface area contributed by atoms with Crippen LogP contribution >= 0.6 is 7.60 Å². The van der Waals surface area contributed by atoms with Crippen molar-refractivity contribution in [2.75, 3.05) is 0 Å². The summed E-state index contributed by atoms with van der Waals surface area (Å²) >= 11 is 0. The van der Waals surface area contributed by atoms with Gasteiger partial charge in [0, 0.05) is 15.5 Å². The number of hydrogen-bond donors (Lipinski definition) is 2. The molecule has 1 unspecified atom stereocenters. The third-order valence-corrected chi connectivity index (χ3v) is 6.79. The lowest BCUT2D eigenvalue weighted by molar-refractivity contribution is 0.267. The van der Waals surface area contributed by atoms with E-state index in [9.17, 15) is 14.4 Å². The zero-order chi connectivity index (χ0) is 13.5. The lowest BCUT2D eigenvalue weighted by Gasteiger charge is -2.34. The van der Waals surface area contributed by atoms with Gasteiger partial charge in [-0.15, -0.1) is 19.7 Å². The molecule has 0 amide bonds. The Morgan fingerprint density at radius 3 is 1.71 bits per heavy atom. The fraction of sp³-hybridized carbons (Fsp3) is 0.500. The Bertz CT molecular complexity index is 295. The average molecular weight is 274 g/mol. The normalized spacial score (nSPS) is 14.2. The fourth-order valence-electron chi connectivity index (χ4n) is 2.16. The van der Waals surface area contributed by atoms with Gasteiger partial charge in [0.15, 0.2) is 0 Å². The van der Waals surface area contributed by atoms with Gasteiger partial charge < -0.3 is 9.79 Å². The molecule has 0 aromatic heterocycles. The molecule has 0 fully saturated rings. The molecule has 5 heteroatoms. The minimum absolute atomic E-state index is 0.182. The average Bonchev–Trinajstić information content (AvgIpc) is 2.17. The van der Waals surface area contributed by atoms with Gasteiger partial charge in [0.2, 0.25) is 0 Å². The van der Waals surface area contributed by atoms with Crippen LogP contribution in [0.2, 0.25) is 0 Å². The third kappa shape index (κ3) is 5.64. The molecule has 0 saturated carbocycles. The van der Waals surface area contributed by atoms with Crippen LogP contribution in [0.1, 0.15) is 25.7 Å². The van der Waals surface area contributed by atoms with Gasteiger partial charge in [0.25, 0.3) is 0 Å². The molecular weight excluding hydrogens is 251 g/mol. The predicted octanol–water partition coefficient (Wildman–Crippen LogP) is 1.96. The van der Waals surface area contributed by atoms with Crippen LogP contribution in [0.3, 0.4) is 0 Å². The van der Waals surface area contributed by atoms with Crippen molar-refractivity contribution in [3.63, 3.8) is 0 Å². The number of rotatable bonds is 9.